The Bertz CT molecular complexity index is 834. The number of fused-ring (bicyclic) bond motifs is 1. The first-order chi connectivity index (χ1) is 11.6. The first-order valence-corrected chi connectivity index (χ1v) is 9.16. The highest BCUT2D eigenvalue weighted by molar-refractivity contribution is 7.98. The van der Waals surface area contributed by atoms with Crippen LogP contribution < -0.4 is 14.8 Å². The van der Waals surface area contributed by atoms with Crippen LogP contribution in [0.1, 0.15) is 10.4 Å². The van der Waals surface area contributed by atoms with Crippen molar-refractivity contribution in [2.45, 2.75) is 4.90 Å². The van der Waals surface area contributed by atoms with Crippen molar-refractivity contribution in [1.29, 1.82) is 0 Å². The van der Waals surface area contributed by atoms with E-state index in [1.807, 2.05) is 24.5 Å². The van der Waals surface area contributed by atoms with Gasteiger partial charge in [0.1, 0.15) is 0 Å². The molecule has 0 saturated carbocycles. The molecule has 1 amide bonds. The molecule has 0 aliphatic rings. The van der Waals surface area contributed by atoms with Gasteiger partial charge in [0.05, 0.1) is 24.4 Å². The van der Waals surface area contributed by atoms with Gasteiger partial charge in [0.25, 0.3) is 5.91 Å². The topological polar surface area (TPSA) is 60.5 Å². The van der Waals surface area contributed by atoms with E-state index >= 15 is 0 Å². The number of hydrogen-bond acceptors (Lipinski definition) is 6. The Balaban J connectivity index is 1.85. The van der Waals surface area contributed by atoms with Crippen molar-refractivity contribution in [1.82, 2.24) is 4.98 Å². The van der Waals surface area contributed by atoms with Crippen molar-refractivity contribution < 1.29 is 14.3 Å². The van der Waals surface area contributed by atoms with E-state index in [2.05, 4.69) is 10.3 Å². The van der Waals surface area contributed by atoms with Crippen LogP contribution in [0.3, 0.4) is 0 Å². The fourth-order valence-corrected chi connectivity index (χ4v) is 3.50. The molecule has 24 heavy (non-hydrogen) atoms. The third-order valence-electron chi connectivity index (χ3n) is 3.47. The highest BCUT2D eigenvalue weighted by atomic mass is 32.2. The first kappa shape index (κ1) is 16.6. The predicted molar refractivity (Wildman–Crippen MR) is 98.9 cm³/mol. The maximum absolute atomic E-state index is 12.3. The zero-order chi connectivity index (χ0) is 17.1. The number of aromatic nitrogens is 1. The molecular formula is C17H16N2O3S2. The van der Waals surface area contributed by atoms with E-state index in [-0.39, 0.29) is 5.91 Å². The number of ether oxygens (including phenoxy) is 2. The van der Waals surface area contributed by atoms with Gasteiger partial charge in [-0.25, -0.2) is 4.98 Å². The van der Waals surface area contributed by atoms with Gasteiger partial charge in [-0.05, 0) is 30.5 Å². The zero-order valence-corrected chi connectivity index (χ0v) is 15.1. The highest BCUT2D eigenvalue weighted by Crippen LogP contribution is 2.36. The Morgan fingerprint density at radius 3 is 2.42 bits per heavy atom. The van der Waals surface area contributed by atoms with Crippen LogP contribution in [-0.4, -0.2) is 31.4 Å². The number of nitrogens with one attached hydrogen (secondary N) is 1. The minimum atomic E-state index is -0.180. The Morgan fingerprint density at radius 2 is 1.79 bits per heavy atom. The van der Waals surface area contributed by atoms with Gasteiger partial charge in [0, 0.05) is 22.6 Å². The number of carbonyl (C=O) groups excluding carboxylic acids is 1. The molecule has 0 aliphatic heterocycles. The second kappa shape index (κ2) is 7.11. The molecule has 0 fully saturated rings. The fraction of sp³-hybridized carbons (Fsp3) is 0.176. The average Bonchev–Trinajstić information content (AvgIpc) is 3.01. The lowest BCUT2D eigenvalue weighted by Crippen LogP contribution is -2.11. The van der Waals surface area contributed by atoms with Crippen molar-refractivity contribution in [2.24, 2.45) is 0 Å². The number of thioether (sulfide) groups is 1. The molecule has 3 aromatic rings. The SMILES string of the molecule is COc1cc2nc(NC(=O)c3ccc(SC)cc3)sc2cc1OC. The minimum Gasteiger partial charge on any atom is -0.493 e. The minimum absolute atomic E-state index is 0.180. The van der Waals surface area contributed by atoms with Crippen LogP contribution in [-0.2, 0) is 0 Å². The summed E-state index contributed by atoms with van der Waals surface area (Å²) in [6.45, 7) is 0. The molecule has 0 saturated heterocycles. The molecule has 2 aromatic carbocycles. The Kier molecular flexibility index (Phi) is 4.92. The summed E-state index contributed by atoms with van der Waals surface area (Å²) in [5.74, 6) is 1.07. The molecule has 0 unspecified atom stereocenters. The molecule has 5 nitrogen and oxygen atoms in total. The zero-order valence-electron chi connectivity index (χ0n) is 13.5. The van der Waals surface area contributed by atoms with Gasteiger partial charge in [-0.2, -0.15) is 0 Å². The van der Waals surface area contributed by atoms with Crippen LogP contribution >= 0.6 is 23.1 Å². The lowest BCUT2D eigenvalue weighted by atomic mass is 10.2. The van der Waals surface area contributed by atoms with Crippen LogP contribution in [0.5, 0.6) is 11.5 Å². The summed E-state index contributed by atoms with van der Waals surface area (Å²) in [5, 5.41) is 3.38. The molecular weight excluding hydrogens is 344 g/mol. The number of methoxy groups -OCH3 is 2. The second-order valence-electron chi connectivity index (χ2n) is 4.88. The Labute approximate surface area is 148 Å². The summed E-state index contributed by atoms with van der Waals surface area (Å²) >= 11 is 3.03. The smallest absolute Gasteiger partial charge is 0.257 e. The normalized spacial score (nSPS) is 10.6. The third kappa shape index (κ3) is 3.32. The maximum Gasteiger partial charge on any atom is 0.257 e. The van der Waals surface area contributed by atoms with E-state index in [1.165, 1.54) is 11.3 Å². The molecule has 7 heteroatoms. The van der Waals surface area contributed by atoms with Crippen molar-refractivity contribution in [2.75, 3.05) is 25.8 Å². The summed E-state index contributed by atoms with van der Waals surface area (Å²) in [6.07, 6.45) is 2.00. The van der Waals surface area contributed by atoms with E-state index in [1.54, 1.807) is 44.2 Å². The van der Waals surface area contributed by atoms with Gasteiger partial charge in [-0.15, -0.1) is 11.8 Å². The van der Waals surface area contributed by atoms with Crippen LogP contribution in [0.15, 0.2) is 41.3 Å². The molecule has 1 N–H and O–H groups in total. The van der Waals surface area contributed by atoms with Crippen molar-refractivity contribution in [3.63, 3.8) is 0 Å². The molecule has 0 atom stereocenters. The summed E-state index contributed by atoms with van der Waals surface area (Å²) in [4.78, 5) is 17.9. The first-order valence-electron chi connectivity index (χ1n) is 7.12. The number of nitrogens with zero attached hydrogens (tertiary/aromatic N) is 1. The lowest BCUT2D eigenvalue weighted by molar-refractivity contribution is 0.102. The molecule has 124 valence electrons. The molecule has 1 aromatic heterocycles. The molecule has 0 aliphatic carbocycles. The van der Waals surface area contributed by atoms with Crippen LogP contribution in [0.25, 0.3) is 10.2 Å². The number of thiazole rings is 1. The summed E-state index contributed by atoms with van der Waals surface area (Å²) < 4.78 is 11.5. The van der Waals surface area contributed by atoms with E-state index in [9.17, 15) is 4.79 Å². The quantitative estimate of drug-likeness (QED) is 0.688. The third-order valence-corrected chi connectivity index (χ3v) is 5.14. The summed E-state index contributed by atoms with van der Waals surface area (Å²) in [7, 11) is 3.17. The molecule has 0 radical (unpaired) electrons. The average molecular weight is 360 g/mol. The van der Waals surface area contributed by atoms with Gasteiger partial charge in [0.15, 0.2) is 16.6 Å². The van der Waals surface area contributed by atoms with Crippen molar-refractivity contribution >= 4 is 44.4 Å². The standard InChI is InChI=1S/C17H16N2O3S2/c1-21-13-8-12-15(9-14(13)22-2)24-17(18-12)19-16(20)10-4-6-11(23-3)7-5-10/h4-9H,1-3H3,(H,18,19,20). The van der Waals surface area contributed by atoms with Gasteiger partial charge >= 0.3 is 0 Å². The van der Waals surface area contributed by atoms with Gasteiger partial charge in [-0.3, -0.25) is 10.1 Å². The van der Waals surface area contributed by atoms with E-state index in [0.717, 1.165) is 15.1 Å². The Hall–Kier alpha value is -2.25. The fourth-order valence-electron chi connectivity index (χ4n) is 2.22. The van der Waals surface area contributed by atoms with E-state index in [4.69, 9.17) is 9.47 Å². The van der Waals surface area contributed by atoms with E-state index < -0.39 is 0 Å². The van der Waals surface area contributed by atoms with E-state index in [0.29, 0.717) is 22.2 Å². The number of rotatable bonds is 5. The number of anilines is 1. The number of benzene rings is 2. The van der Waals surface area contributed by atoms with Gasteiger partial charge in [0.2, 0.25) is 0 Å². The molecule has 0 spiro atoms. The van der Waals surface area contributed by atoms with Crippen LogP contribution in [0.2, 0.25) is 0 Å². The van der Waals surface area contributed by atoms with Crippen LogP contribution in [0.4, 0.5) is 5.13 Å². The van der Waals surface area contributed by atoms with Crippen LogP contribution in [0, 0.1) is 0 Å². The molecule has 0 bridgehead atoms. The van der Waals surface area contributed by atoms with Gasteiger partial charge < -0.3 is 9.47 Å². The summed E-state index contributed by atoms with van der Waals surface area (Å²) in [6, 6.07) is 11.1. The van der Waals surface area contributed by atoms with Crippen molar-refractivity contribution in [3.05, 3.63) is 42.0 Å². The predicted octanol–water partition coefficient (Wildman–Crippen LogP) is 4.29. The molecule has 1 heterocycles. The maximum atomic E-state index is 12.3. The number of hydrogen-bond donors (Lipinski definition) is 1. The Morgan fingerprint density at radius 1 is 1.12 bits per heavy atom. The van der Waals surface area contributed by atoms with Gasteiger partial charge in [-0.1, -0.05) is 11.3 Å². The second-order valence-corrected chi connectivity index (χ2v) is 6.79. The molecule has 3 rings (SSSR count). The highest BCUT2D eigenvalue weighted by Gasteiger charge is 2.13. The number of amides is 1. The van der Waals surface area contributed by atoms with Crippen molar-refractivity contribution in [3.8, 4) is 11.5 Å². The monoisotopic (exact) mass is 360 g/mol. The number of carbonyl (C=O) groups is 1. The lowest BCUT2D eigenvalue weighted by Gasteiger charge is -2.05. The summed E-state index contributed by atoms with van der Waals surface area (Å²) in [5.41, 5.74) is 1.35. The largest absolute Gasteiger partial charge is 0.493 e.